The van der Waals surface area contributed by atoms with Gasteiger partial charge < -0.3 is 53.0 Å². The van der Waals surface area contributed by atoms with Crippen molar-refractivity contribution in [1.29, 1.82) is 0 Å². The number of aliphatic hydroxyl groups is 4. The first-order valence-corrected chi connectivity index (χ1v) is 13.6. The van der Waals surface area contributed by atoms with Crippen LogP contribution in [0, 0.1) is 5.92 Å². The normalized spacial score (nSPS) is 16.5. The van der Waals surface area contributed by atoms with Crippen molar-refractivity contribution in [2.45, 2.75) is 88.4 Å². The highest BCUT2D eigenvalue weighted by atomic mass is 16.4. The molecule has 14 heteroatoms. The van der Waals surface area contributed by atoms with E-state index in [0.29, 0.717) is 31.4 Å². The first-order chi connectivity index (χ1) is 19.3. The Hall–Kier alpha value is -3.14. The number of hydrogen-bond acceptors (Lipinski definition) is 10. The Morgan fingerprint density at radius 2 is 1.51 bits per heavy atom. The van der Waals surface area contributed by atoms with Gasteiger partial charge in [-0.1, -0.05) is 50.6 Å². The third-order valence-electron chi connectivity index (χ3n) is 6.42. The van der Waals surface area contributed by atoms with Crippen LogP contribution in [-0.2, 0) is 19.2 Å². The van der Waals surface area contributed by atoms with Gasteiger partial charge in [-0.2, -0.15) is 0 Å². The molecule has 0 spiro atoms. The molecule has 7 unspecified atom stereocenters. The molecule has 0 aliphatic carbocycles. The molecule has 0 aromatic heterocycles. The van der Waals surface area contributed by atoms with Gasteiger partial charge in [-0.15, -0.1) is 0 Å². The fourth-order valence-corrected chi connectivity index (χ4v) is 4.09. The average molecular weight is 584 g/mol. The predicted molar refractivity (Wildman–Crippen MR) is 149 cm³/mol. The van der Waals surface area contributed by atoms with Gasteiger partial charge in [0.25, 0.3) is 5.91 Å². The lowest BCUT2D eigenvalue weighted by atomic mass is 9.98. The van der Waals surface area contributed by atoms with Crippen molar-refractivity contribution in [3.63, 3.8) is 0 Å². The molecule has 0 aliphatic heterocycles. The molecule has 1 aromatic carbocycles. The summed E-state index contributed by atoms with van der Waals surface area (Å²) in [5, 5.41) is 57.8. The van der Waals surface area contributed by atoms with Gasteiger partial charge in [0.2, 0.25) is 11.8 Å². The van der Waals surface area contributed by atoms with E-state index >= 15 is 0 Å². The van der Waals surface area contributed by atoms with E-state index in [0.717, 1.165) is 0 Å². The molecule has 0 radical (unpaired) electrons. The first-order valence-electron chi connectivity index (χ1n) is 13.6. The maximum atomic E-state index is 13.0. The van der Waals surface area contributed by atoms with Gasteiger partial charge in [0.15, 0.2) is 6.10 Å². The molecule has 0 saturated heterocycles. The summed E-state index contributed by atoms with van der Waals surface area (Å²) in [6.07, 6.45) is -5.09. The number of carbonyl (C=O) groups is 4. The summed E-state index contributed by atoms with van der Waals surface area (Å²) < 4.78 is 0. The minimum absolute atomic E-state index is 0.0449. The number of nitrogens with one attached hydrogen (secondary N) is 3. The molecule has 0 bridgehead atoms. The summed E-state index contributed by atoms with van der Waals surface area (Å²) in [5.74, 6) is -3.79. The summed E-state index contributed by atoms with van der Waals surface area (Å²) in [6, 6.07) is 3.55. The van der Waals surface area contributed by atoms with E-state index in [1.54, 1.807) is 30.3 Å². The summed E-state index contributed by atoms with van der Waals surface area (Å²) in [7, 11) is 0. The van der Waals surface area contributed by atoms with Crippen molar-refractivity contribution < 1.29 is 44.7 Å². The van der Waals surface area contributed by atoms with E-state index in [2.05, 4.69) is 16.0 Å². The number of aliphatic hydroxyl groups excluding tert-OH is 4. The smallest absolute Gasteiger partial charge is 0.305 e. The lowest BCUT2D eigenvalue weighted by Gasteiger charge is -2.31. The molecule has 41 heavy (non-hydrogen) atoms. The highest BCUT2D eigenvalue weighted by Crippen LogP contribution is 2.18. The van der Waals surface area contributed by atoms with Crippen molar-refractivity contribution in [2.75, 3.05) is 13.2 Å². The monoisotopic (exact) mass is 583 g/mol. The number of hydrogen-bond donors (Lipinski definition) is 10. The molecule has 3 amide bonds. The Balaban J connectivity index is 2.91. The van der Waals surface area contributed by atoms with Gasteiger partial charge in [0, 0.05) is 0 Å². The standard InChI is InChI=1S/C27H45N5O9/c1-15(2)12-19(31-25(39)17(29)10-6-7-11-28)26(40)32-20(14-33)22(36)23(37)24(38)27(41)30-18(13-21(34)35)16-8-4-3-5-9-16/h3-5,8-9,15,17-20,22-24,33,36-38H,6-7,10-14,28-29H2,1-2H3,(H,30,41)(H,31,39)(H,32,40)(H,34,35). The third kappa shape index (κ3) is 12.5. The molecular formula is C27H45N5O9. The van der Waals surface area contributed by atoms with Gasteiger partial charge in [0.05, 0.1) is 31.2 Å². The largest absolute Gasteiger partial charge is 0.481 e. The van der Waals surface area contributed by atoms with Crippen LogP contribution >= 0.6 is 0 Å². The SMILES string of the molecule is CC(C)CC(NC(=O)C(N)CCCCN)C(=O)NC(CO)C(O)C(O)C(O)C(=O)NC(CC(=O)O)c1ccccc1. The highest BCUT2D eigenvalue weighted by Gasteiger charge is 2.37. The van der Waals surface area contributed by atoms with Crippen LogP contribution in [0.25, 0.3) is 0 Å². The fraction of sp³-hybridized carbons (Fsp3) is 0.630. The summed E-state index contributed by atoms with van der Waals surface area (Å²) in [6.45, 7) is 3.20. The molecule has 0 heterocycles. The van der Waals surface area contributed by atoms with Crippen molar-refractivity contribution >= 4 is 23.7 Å². The van der Waals surface area contributed by atoms with Crippen LogP contribution in [0.4, 0.5) is 0 Å². The molecule has 14 nitrogen and oxygen atoms in total. The van der Waals surface area contributed by atoms with Gasteiger partial charge in [-0.3, -0.25) is 19.2 Å². The number of unbranched alkanes of at least 4 members (excludes halogenated alkanes) is 1. The summed E-state index contributed by atoms with van der Waals surface area (Å²) in [5.41, 5.74) is 11.8. The van der Waals surface area contributed by atoms with E-state index in [1.165, 1.54) is 0 Å². The zero-order chi connectivity index (χ0) is 31.1. The summed E-state index contributed by atoms with van der Waals surface area (Å²) in [4.78, 5) is 49.5. The number of aliphatic carboxylic acids is 1. The molecule has 1 rings (SSSR count). The minimum atomic E-state index is -2.24. The van der Waals surface area contributed by atoms with Gasteiger partial charge >= 0.3 is 5.97 Å². The van der Waals surface area contributed by atoms with E-state index in [9.17, 15) is 44.7 Å². The Kier molecular flexibility index (Phi) is 16.0. The molecule has 0 aliphatic rings. The van der Waals surface area contributed by atoms with Crippen LogP contribution in [0.2, 0.25) is 0 Å². The van der Waals surface area contributed by atoms with Crippen LogP contribution in [0.5, 0.6) is 0 Å². The maximum absolute atomic E-state index is 13.0. The van der Waals surface area contributed by atoms with Gasteiger partial charge in [-0.05, 0) is 37.3 Å². The van der Waals surface area contributed by atoms with Crippen molar-refractivity contribution in [2.24, 2.45) is 17.4 Å². The average Bonchev–Trinajstić information content (AvgIpc) is 2.93. The first kappa shape index (κ1) is 35.9. The Morgan fingerprint density at radius 3 is 2.05 bits per heavy atom. The predicted octanol–water partition coefficient (Wildman–Crippen LogP) is -2.13. The Bertz CT molecular complexity index is 966. The molecule has 0 fully saturated rings. The van der Waals surface area contributed by atoms with Crippen molar-refractivity contribution in [3.8, 4) is 0 Å². The molecule has 1 aromatic rings. The third-order valence-corrected chi connectivity index (χ3v) is 6.42. The van der Waals surface area contributed by atoms with Gasteiger partial charge in [-0.25, -0.2) is 0 Å². The van der Waals surface area contributed by atoms with Crippen molar-refractivity contribution in [3.05, 3.63) is 35.9 Å². The lowest BCUT2D eigenvalue weighted by molar-refractivity contribution is -0.145. The van der Waals surface area contributed by atoms with Crippen molar-refractivity contribution in [1.82, 2.24) is 16.0 Å². The zero-order valence-electron chi connectivity index (χ0n) is 23.5. The van der Waals surface area contributed by atoms with E-state index in [1.807, 2.05) is 13.8 Å². The lowest BCUT2D eigenvalue weighted by Crippen LogP contribution is -2.60. The van der Waals surface area contributed by atoms with E-state index in [4.69, 9.17) is 11.5 Å². The molecule has 7 atom stereocenters. The van der Waals surface area contributed by atoms with E-state index in [-0.39, 0.29) is 12.3 Å². The number of nitrogens with two attached hydrogens (primary N) is 2. The highest BCUT2D eigenvalue weighted by molar-refractivity contribution is 5.90. The second-order valence-corrected chi connectivity index (χ2v) is 10.4. The fourth-order valence-electron chi connectivity index (χ4n) is 4.09. The Morgan fingerprint density at radius 1 is 0.878 bits per heavy atom. The van der Waals surface area contributed by atoms with Crippen LogP contribution < -0.4 is 27.4 Å². The number of rotatable bonds is 19. The molecule has 232 valence electrons. The number of carboxylic acid groups (broad SMARTS) is 1. The van der Waals surface area contributed by atoms with Crippen LogP contribution in [0.1, 0.15) is 57.6 Å². The second-order valence-electron chi connectivity index (χ2n) is 10.4. The topological polar surface area (TPSA) is 258 Å². The second kappa shape index (κ2) is 18.3. The molecule has 12 N–H and O–H groups in total. The zero-order valence-corrected chi connectivity index (χ0v) is 23.5. The number of amides is 3. The van der Waals surface area contributed by atoms with E-state index < -0.39 is 79.2 Å². The van der Waals surface area contributed by atoms with Crippen LogP contribution in [0.3, 0.4) is 0 Å². The maximum Gasteiger partial charge on any atom is 0.305 e. The quantitative estimate of drug-likeness (QED) is 0.0786. The number of benzene rings is 1. The van der Waals surface area contributed by atoms with Crippen LogP contribution in [-0.4, -0.2) is 98.8 Å². The summed E-state index contributed by atoms with van der Waals surface area (Å²) >= 11 is 0. The van der Waals surface area contributed by atoms with Crippen LogP contribution in [0.15, 0.2) is 30.3 Å². The van der Waals surface area contributed by atoms with Gasteiger partial charge in [0.1, 0.15) is 18.2 Å². The number of carboxylic acids is 1. The molecular weight excluding hydrogens is 538 g/mol. The number of carbonyl (C=O) groups excluding carboxylic acids is 3. The Labute approximate surface area is 239 Å². The molecule has 0 saturated carbocycles. The minimum Gasteiger partial charge on any atom is -0.481 e.